The monoisotopic (exact) mass is 237 g/mol. The Morgan fingerprint density at radius 1 is 1.24 bits per heavy atom. The molecule has 0 aromatic heterocycles. The van der Waals surface area contributed by atoms with Gasteiger partial charge in [0.1, 0.15) is 5.75 Å². The van der Waals surface area contributed by atoms with Crippen molar-refractivity contribution in [2.24, 2.45) is 5.73 Å². The molecule has 1 atom stereocenters. The molecular weight excluding hydrogens is 214 g/mol. The van der Waals surface area contributed by atoms with Gasteiger partial charge in [0.25, 0.3) is 0 Å². The van der Waals surface area contributed by atoms with E-state index in [2.05, 4.69) is 19.1 Å². The molecule has 3 heteroatoms. The molecule has 1 aromatic rings. The largest absolute Gasteiger partial charge is 0.490 e. The van der Waals surface area contributed by atoms with Gasteiger partial charge >= 0.3 is 0 Å². The summed E-state index contributed by atoms with van der Waals surface area (Å²) in [4.78, 5) is 0. The highest BCUT2D eigenvalue weighted by atomic mass is 16.5. The van der Waals surface area contributed by atoms with Crippen LogP contribution >= 0.6 is 0 Å². The fourth-order valence-corrected chi connectivity index (χ4v) is 1.68. The van der Waals surface area contributed by atoms with E-state index in [-0.39, 0.29) is 6.10 Å². The van der Waals surface area contributed by atoms with Crippen molar-refractivity contribution in [3.63, 3.8) is 0 Å². The van der Waals surface area contributed by atoms with Gasteiger partial charge in [-0.25, -0.2) is 0 Å². The molecule has 0 amide bonds. The van der Waals surface area contributed by atoms with Crippen molar-refractivity contribution in [1.29, 1.82) is 0 Å². The van der Waals surface area contributed by atoms with Crippen LogP contribution in [0.25, 0.3) is 0 Å². The third-order valence-corrected chi connectivity index (χ3v) is 2.76. The van der Waals surface area contributed by atoms with Gasteiger partial charge in [0.15, 0.2) is 0 Å². The van der Waals surface area contributed by atoms with Gasteiger partial charge in [-0.1, -0.05) is 19.1 Å². The van der Waals surface area contributed by atoms with Crippen LogP contribution in [-0.2, 0) is 11.2 Å². The van der Waals surface area contributed by atoms with E-state index in [0.29, 0.717) is 6.54 Å². The summed E-state index contributed by atoms with van der Waals surface area (Å²) in [5.41, 5.74) is 6.81. The van der Waals surface area contributed by atoms with Crippen LogP contribution in [0.5, 0.6) is 5.75 Å². The Bertz CT molecular complexity index is 298. The first kappa shape index (κ1) is 14.0. The summed E-state index contributed by atoms with van der Waals surface area (Å²) in [6.45, 7) is 3.54. The van der Waals surface area contributed by atoms with Crippen molar-refractivity contribution >= 4 is 0 Å². The molecular formula is C14H23NO2. The van der Waals surface area contributed by atoms with E-state index in [1.165, 1.54) is 5.56 Å². The fourth-order valence-electron chi connectivity index (χ4n) is 1.68. The molecule has 0 radical (unpaired) electrons. The Labute approximate surface area is 104 Å². The minimum absolute atomic E-state index is 0.227. The normalized spacial score (nSPS) is 12.4. The van der Waals surface area contributed by atoms with Crippen LogP contribution < -0.4 is 10.5 Å². The fraction of sp³-hybridized carbons (Fsp3) is 0.571. The van der Waals surface area contributed by atoms with Crippen LogP contribution in [0.15, 0.2) is 24.3 Å². The van der Waals surface area contributed by atoms with Crippen LogP contribution in [0.3, 0.4) is 0 Å². The van der Waals surface area contributed by atoms with Crippen molar-refractivity contribution < 1.29 is 9.47 Å². The number of benzene rings is 1. The zero-order valence-electron chi connectivity index (χ0n) is 10.8. The lowest BCUT2D eigenvalue weighted by atomic mass is 10.1. The maximum Gasteiger partial charge on any atom is 0.119 e. The summed E-state index contributed by atoms with van der Waals surface area (Å²) in [5.74, 6) is 0.923. The first-order chi connectivity index (χ1) is 8.30. The van der Waals surface area contributed by atoms with E-state index in [0.717, 1.165) is 31.6 Å². The van der Waals surface area contributed by atoms with Gasteiger partial charge in [-0.05, 0) is 43.5 Å². The summed E-state index contributed by atoms with van der Waals surface area (Å²) in [7, 11) is 1.72. The van der Waals surface area contributed by atoms with Crippen molar-refractivity contribution in [3.8, 4) is 5.75 Å². The average Bonchev–Trinajstić information content (AvgIpc) is 2.37. The smallest absolute Gasteiger partial charge is 0.119 e. The van der Waals surface area contributed by atoms with Crippen LogP contribution in [0, 0.1) is 0 Å². The second kappa shape index (κ2) is 8.09. The van der Waals surface area contributed by atoms with E-state index in [1.54, 1.807) is 7.11 Å². The molecule has 96 valence electrons. The molecule has 1 rings (SSSR count). The molecule has 0 aliphatic heterocycles. The maximum absolute atomic E-state index is 5.85. The Balaban J connectivity index is 2.49. The number of ether oxygens (including phenoxy) is 2. The zero-order valence-corrected chi connectivity index (χ0v) is 10.8. The topological polar surface area (TPSA) is 44.5 Å². The minimum Gasteiger partial charge on any atom is -0.490 e. The Hall–Kier alpha value is -1.06. The van der Waals surface area contributed by atoms with E-state index in [4.69, 9.17) is 15.2 Å². The summed E-state index contributed by atoms with van der Waals surface area (Å²) >= 11 is 0. The van der Waals surface area contributed by atoms with Crippen molar-refractivity contribution in [3.05, 3.63) is 29.8 Å². The van der Waals surface area contributed by atoms with Gasteiger partial charge in [-0.15, -0.1) is 0 Å². The van der Waals surface area contributed by atoms with Gasteiger partial charge in [-0.2, -0.15) is 0 Å². The molecule has 2 N–H and O–H groups in total. The van der Waals surface area contributed by atoms with Crippen LogP contribution in [0.4, 0.5) is 0 Å². The third kappa shape index (κ3) is 5.20. The highest BCUT2D eigenvalue weighted by Gasteiger charge is 2.06. The molecule has 0 aliphatic carbocycles. The number of methoxy groups -OCH3 is 1. The summed E-state index contributed by atoms with van der Waals surface area (Å²) < 4.78 is 10.9. The first-order valence-electron chi connectivity index (χ1n) is 6.24. The highest BCUT2D eigenvalue weighted by Crippen LogP contribution is 2.16. The number of nitrogens with two attached hydrogens (primary N) is 1. The summed E-state index contributed by atoms with van der Waals surface area (Å²) in [6.07, 6.45) is 3.06. The molecule has 1 unspecified atom stereocenters. The molecule has 0 aliphatic rings. The predicted molar refractivity (Wildman–Crippen MR) is 70.4 cm³/mol. The van der Waals surface area contributed by atoms with E-state index in [9.17, 15) is 0 Å². The lowest BCUT2D eigenvalue weighted by Crippen LogP contribution is -2.19. The summed E-state index contributed by atoms with van der Waals surface area (Å²) in [6, 6.07) is 8.21. The first-order valence-corrected chi connectivity index (χ1v) is 6.24. The lowest BCUT2D eigenvalue weighted by Gasteiger charge is -2.16. The van der Waals surface area contributed by atoms with Crippen molar-refractivity contribution in [2.45, 2.75) is 32.3 Å². The minimum atomic E-state index is 0.227. The maximum atomic E-state index is 5.85. The molecule has 0 heterocycles. The van der Waals surface area contributed by atoms with Crippen molar-refractivity contribution in [2.75, 3.05) is 20.3 Å². The van der Waals surface area contributed by atoms with E-state index in [1.807, 2.05) is 12.1 Å². The molecule has 0 bridgehead atoms. The Kier molecular flexibility index (Phi) is 6.67. The number of hydrogen-bond donors (Lipinski definition) is 1. The van der Waals surface area contributed by atoms with Gasteiger partial charge in [-0.3, -0.25) is 0 Å². The van der Waals surface area contributed by atoms with Crippen LogP contribution in [0.2, 0.25) is 0 Å². The second-order valence-corrected chi connectivity index (χ2v) is 4.11. The van der Waals surface area contributed by atoms with Gasteiger partial charge in [0.05, 0.1) is 12.7 Å². The number of hydrogen-bond acceptors (Lipinski definition) is 3. The van der Waals surface area contributed by atoms with Crippen molar-refractivity contribution in [1.82, 2.24) is 0 Å². The molecule has 0 fully saturated rings. The van der Waals surface area contributed by atoms with Gasteiger partial charge < -0.3 is 15.2 Å². The van der Waals surface area contributed by atoms with Crippen LogP contribution in [0.1, 0.15) is 25.3 Å². The van der Waals surface area contributed by atoms with E-state index < -0.39 is 0 Å². The Morgan fingerprint density at radius 2 is 1.94 bits per heavy atom. The van der Waals surface area contributed by atoms with Gasteiger partial charge in [0, 0.05) is 7.11 Å². The standard InChI is InChI=1S/C14H23NO2/c1-3-13(8-10-15)17-14-6-4-12(5-7-14)9-11-16-2/h4-7,13H,3,8-11,15H2,1-2H3. The zero-order chi connectivity index (χ0) is 12.5. The SMILES string of the molecule is CCC(CCN)Oc1ccc(CCOC)cc1. The second-order valence-electron chi connectivity index (χ2n) is 4.11. The quantitative estimate of drug-likeness (QED) is 0.755. The molecule has 0 spiro atoms. The molecule has 1 aromatic carbocycles. The highest BCUT2D eigenvalue weighted by molar-refractivity contribution is 5.27. The summed E-state index contributed by atoms with van der Waals surface area (Å²) in [5, 5.41) is 0. The van der Waals surface area contributed by atoms with Crippen LogP contribution in [-0.4, -0.2) is 26.4 Å². The average molecular weight is 237 g/mol. The van der Waals surface area contributed by atoms with Gasteiger partial charge in [0.2, 0.25) is 0 Å². The van der Waals surface area contributed by atoms with E-state index >= 15 is 0 Å². The predicted octanol–water partition coefficient (Wildman–Crippen LogP) is 2.38. The Morgan fingerprint density at radius 3 is 2.47 bits per heavy atom. The third-order valence-electron chi connectivity index (χ3n) is 2.76. The molecule has 3 nitrogen and oxygen atoms in total. The number of rotatable bonds is 8. The molecule has 0 saturated heterocycles. The molecule has 17 heavy (non-hydrogen) atoms. The molecule has 0 saturated carbocycles. The lowest BCUT2D eigenvalue weighted by molar-refractivity contribution is 0.189.